The first kappa shape index (κ1) is 16.5. The summed E-state index contributed by atoms with van der Waals surface area (Å²) in [5.74, 6) is 0.149. The number of carbonyl (C=O) groups excluding carboxylic acids is 2. The molecule has 7 heteroatoms. The molecule has 0 aliphatic rings. The van der Waals surface area contributed by atoms with Crippen LogP contribution in [0.1, 0.15) is 28.5 Å². The number of hydrogen-bond donors (Lipinski definition) is 2. The van der Waals surface area contributed by atoms with E-state index in [4.69, 9.17) is 4.74 Å². The van der Waals surface area contributed by atoms with Gasteiger partial charge in [-0.15, -0.1) is 0 Å². The van der Waals surface area contributed by atoms with Gasteiger partial charge >= 0.3 is 12.0 Å². The van der Waals surface area contributed by atoms with Crippen LogP contribution < -0.4 is 10.6 Å². The van der Waals surface area contributed by atoms with Gasteiger partial charge in [0.1, 0.15) is 0 Å². The summed E-state index contributed by atoms with van der Waals surface area (Å²) < 4.78 is 6.60. The SMILES string of the molecule is CCOC(=O)c1ccc(CNC(=O)Nc2cc(C)n(C)n2)cc1. The molecule has 1 aromatic carbocycles. The molecule has 7 nitrogen and oxygen atoms in total. The number of anilines is 1. The molecule has 1 heterocycles. The zero-order valence-electron chi connectivity index (χ0n) is 13.4. The van der Waals surface area contributed by atoms with Crippen LogP contribution in [0.25, 0.3) is 0 Å². The van der Waals surface area contributed by atoms with Gasteiger partial charge in [-0.2, -0.15) is 5.10 Å². The number of rotatable bonds is 5. The highest BCUT2D eigenvalue weighted by Gasteiger charge is 2.08. The molecule has 122 valence electrons. The second-order valence-electron chi connectivity index (χ2n) is 5.02. The lowest BCUT2D eigenvalue weighted by molar-refractivity contribution is 0.0526. The van der Waals surface area contributed by atoms with E-state index >= 15 is 0 Å². The second-order valence-corrected chi connectivity index (χ2v) is 5.02. The van der Waals surface area contributed by atoms with Crippen molar-refractivity contribution in [2.75, 3.05) is 11.9 Å². The average Bonchev–Trinajstić information content (AvgIpc) is 2.84. The lowest BCUT2D eigenvalue weighted by atomic mass is 10.1. The Morgan fingerprint density at radius 1 is 1.26 bits per heavy atom. The van der Waals surface area contributed by atoms with Gasteiger partial charge in [0.25, 0.3) is 0 Å². The number of ether oxygens (including phenoxy) is 1. The minimum absolute atomic E-state index is 0.336. The standard InChI is InChI=1S/C16H20N4O3/c1-4-23-15(21)13-7-5-12(6-8-13)10-17-16(22)18-14-9-11(2)20(3)19-14/h5-9H,4,10H2,1-3H3,(H2,17,18,19,22). The first-order valence-electron chi connectivity index (χ1n) is 7.31. The van der Waals surface area contributed by atoms with E-state index in [2.05, 4.69) is 15.7 Å². The van der Waals surface area contributed by atoms with E-state index in [1.54, 1.807) is 41.9 Å². The van der Waals surface area contributed by atoms with E-state index in [9.17, 15) is 9.59 Å². The van der Waals surface area contributed by atoms with Gasteiger partial charge < -0.3 is 10.1 Å². The van der Waals surface area contributed by atoms with Crippen molar-refractivity contribution >= 4 is 17.8 Å². The quantitative estimate of drug-likeness (QED) is 0.828. The first-order chi connectivity index (χ1) is 11.0. The maximum Gasteiger partial charge on any atom is 0.338 e. The van der Waals surface area contributed by atoms with Gasteiger partial charge in [-0.3, -0.25) is 10.00 Å². The number of hydrogen-bond acceptors (Lipinski definition) is 4. The number of amides is 2. The molecule has 2 aromatic rings. The molecule has 1 aromatic heterocycles. The normalized spacial score (nSPS) is 10.2. The Kier molecular flexibility index (Phi) is 5.35. The fraction of sp³-hybridized carbons (Fsp3) is 0.312. The van der Waals surface area contributed by atoms with Crippen molar-refractivity contribution in [2.45, 2.75) is 20.4 Å². The van der Waals surface area contributed by atoms with Crippen molar-refractivity contribution in [1.29, 1.82) is 0 Å². The monoisotopic (exact) mass is 316 g/mol. The summed E-state index contributed by atoms with van der Waals surface area (Å²) in [7, 11) is 1.81. The number of esters is 1. The smallest absolute Gasteiger partial charge is 0.338 e. The predicted octanol–water partition coefficient (Wildman–Crippen LogP) is 2.23. The molecule has 0 saturated heterocycles. The average molecular weight is 316 g/mol. The number of nitrogens with zero attached hydrogens (tertiary/aromatic N) is 2. The van der Waals surface area contributed by atoms with Gasteiger partial charge in [0.15, 0.2) is 5.82 Å². The molecule has 0 atom stereocenters. The van der Waals surface area contributed by atoms with Gasteiger partial charge in [0.2, 0.25) is 0 Å². The third-order valence-corrected chi connectivity index (χ3v) is 3.27. The molecule has 0 spiro atoms. The second kappa shape index (κ2) is 7.44. The summed E-state index contributed by atoms with van der Waals surface area (Å²) in [6.45, 7) is 4.36. The Bertz CT molecular complexity index is 672. The Labute approximate surface area is 134 Å². The van der Waals surface area contributed by atoms with Crippen LogP contribution in [0, 0.1) is 6.92 Å². The van der Waals surface area contributed by atoms with Gasteiger partial charge in [0, 0.05) is 25.4 Å². The molecule has 2 amide bonds. The van der Waals surface area contributed by atoms with Crippen LogP contribution >= 0.6 is 0 Å². The van der Waals surface area contributed by atoms with E-state index < -0.39 is 0 Å². The molecule has 0 unspecified atom stereocenters. The third kappa shape index (κ3) is 4.57. The number of urea groups is 1. The van der Waals surface area contributed by atoms with E-state index in [-0.39, 0.29) is 12.0 Å². The van der Waals surface area contributed by atoms with Crippen LogP contribution in [0.2, 0.25) is 0 Å². The number of carbonyl (C=O) groups is 2. The Morgan fingerprint density at radius 2 is 1.96 bits per heavy atom. The maximum absolute atomic E-state index is 11.8. The summed E-state index contributed by atoms with van der Waals surface area (Å²) in [5, 5.41) is 9.55. The molecule has 2 N–H and O–H groups in total. The zero-order chi connectivity index (χ0) is 16.8. The van der Waals surface area contributed by atoms with Crippen LogP contribution in [-0.2, 0) is 18.3 Å². The number of nitrogens with one attached hydrogen (secondary N) is 2. The van der Waals surface area contributed by atoms with Crippen LogP contribution in [-0.4, -0.2) is 28.4 Å². The highest BCUT2D eigenvalue weighted by Crippen LogP contribution is 2.08. The Morgan fingerprint density at radius 3 is 2.52 bits per heavy atom. The van der Waals surface area contributed by atoms with Crippen molar-refractivity contribution < 1.29 is 14.3 Å². The van der Waals surface area contributed by atoms with Gasteiger partial charge in [0.05, 0.1) is 12.2 Å². The fourth-order valence-electron chi connectivity index (χ4n) is 1.94. The highest BCUT2D eigenvalue weighted by molar-refractivity contribution is 5.89. The largest absolute Gasteiger partial charge is 0.462 e. The van der Waals surface area contributed by atoms with Crippen LogP contribution in [0.15, 0.2) is 30.3 Å². The summed E-state index contributed by atoms with van der Waals surface area (Å²) >= 11 is 0. The maximum atomic E-state index is 11.8. The topological polar surface area (TPSA) is 85.2 Å². The highest BCUT2D eigenvalue weighted by atomic mass is 16.5. The molecular weight excluding hydrogens is 296 g/mol. The van der Waals surface area contributed by atoms with Crippen molar-refractivity contribution in [2.24, 2.45) is 7.05 Å². The number of aromatic nitrogens is 2. The van der Waals surface area contributed by atoms with Crippen LogP contribution in [0.5, 0.6) is 0 Å². The molecule has 2 rings (SSSR count). The Hall–Kier alpha value is -2.83. The summed E-state index contributed by atoms with van der Waals surface area (Å²) in [6.07, 6.45) is 0. The van der Waals surface area contributed by atoms with Crippen LogP contribution in [0.3, 0.4) is 0 Å². The predicted molar refractivity (Wildman–Crippen MR) is 86.2 cm³/mol. The third-order valence-electron chi connectivity index (χ3n) is 3.27. The lowest BCUT2D eigenvalue weighted by Gasteiger charge is -2.07. The van der Waals surface area contributed by atoms with E-state index in [1.165, 1.54) is 0 Å². The van der Waals surface area contributed by atoms with Crippen LogP contribution in [0.4, 0.5) is 10.6 Å². The number of benzene rings is 1. The lowest BCUT2D eigenvalue weighted by Crippen LogP contribution is -2.28. The van der Waals surface area contributed by atoms with E-state index in [0.29, 0.717) is 24.5 Å². The van der Waals surface area contributed by atoms with Crippen molar-refractivity contribution in [1.82, 2.24) is 15.1 Å². The van der Waals surface area contributed by atoms with Crippen molar-refractivity contribution in [3.8, 4) is 0 Å². The van der Waals surface area contributed by atoms with Gasteiger partial charge in [-0.25, -0.2) is 9.59 Å². The number of aryl methyl sites for hydroxylation is 2. The summed E-state index contributed by atoms with van der Waals surface area (Å²) in [5.41, 5.74) is 2.32. The minimum Gasteiger partial charge on any atom is -0.462 e. The van der Waals surface area contributed by atoms with Gasteiger partial charge in [-0.1, -0.05) is 12.1 Å². The molecule has 0 bridgehead atoms. The molecule has 23 heavy (non-hydrogen) atoms. The van der Waals surface area contributed by atoms with E-state index in [0.717, 1.165) is 11.3 Å². The van der Waals surface area contributed by atoms with Gasteiger partial charge in [-0.05, 0) is 31.5 Å². The summed E-state index contributed by atoms with van der Waals surface area (Å²) in [4.78, 5) is 23.4. The molecule has 0 saturated carbocycles. The molecule has 0 aliphatic heterocycles. The molecule has 0 fully saturated rings. The van der Waals surface area contributed by atoms with E-state index in [1.807, 2.05) is 14.0 Å². The fourth-order valence-corrected chi connectivity index (χ4v) is 1.94. The molecule has 0 radical (unpaired) electrons. The first-order valence-corrected chi connectivity index (χ1v) is 7.31. The molecular formula is C16H20N4O3. The van der Waals surface area contributed by atoms with Crippen molar-refractivity contribution in [3.05, 3.63) is 47.2 Å². The van der Waals surface area contributed by atoms with Crippen molar-refractivity contribution in [3.63, 3.8) is 0 Å². The minimum atomic E-state index is -0.352. The molecule has 0 aliphatic carbocycles. The Balaban J connectivity index is 1.85. The zero-order valence-corrected chi connectivity index (χ0v) is 13.4. The summed E-state index contributed by atoms with van der Waals surface area (Å²) in [6, 6.07) is 8.35.